The van der Waals surface area contributed by atoms with Gasteiger partial charge in [-0.25, -0.2) is 4.68 Å². The minimum Gasteiger partial charge on any atom is -0.493 e. The number of para-hydroxylation sites is 1. The van der Waals surface area contributed by atoms with Crippen LogP contribution >= 0.6 is 11.6 Å². The van der Waals surface area contributed by atoms with Crippen molar-refractivity contribution in [3.63, 3.8) is 0 Å². The molecular weight excluding hydrogens is 406 g/mol. The van der Waals surface area contributed by atoms with E-state index < -0.39 is 0 Å². The van der Waals surface area contributed by atoms with E-state index in [1.165, 1.54) is 10.7 Å². The molecule has 7 nitrogen and oxygen atoms in total. The Morgan fingerprint density at radius 3 is 2.57 bits per heavy atom. The Morgan fingerprint density at radius 1 is 1.07 bits per heavy atom. The van der Waals surface area contributed by atoms with Crippen molar-refractivity contribution < 1.29 is 14.3 Å². The zero-order valence-corrected chi connectivity index (χ0v) is 17.5. The molecule has 0 atom stereocenters. The molecule has 0 bridgehead atoms. The highest BCUT2D eigenvalue weighted by atomic mass is 35.5. The molecule has 0 fully saturated rings. The summed E-state index contributed by atoms with van der Waals surface area (Å²) in [6.45, 7) is 0.315. The predicted molar refractivity (Wildman–Crippen MR) is 116 cm³/mol. The Kier molecular flexibility index (Phi) is 7.08. The van der Waals surface area contributed by atoms with E-state index in [1.807, 2.05) is 6.07 Å². The first-order valence-corrected chi connectivity index (χ1v) is 9.74. The molecular formula is C22H22ClN3O4. The van der Waals surface area contributed by atoms with Crippen LogP contribution in [0.2, 0.25) is 5.02 Å². The summed E-state index contributed by atoms with van der Waals surface area (Å²) in [5, 5.41) is 7.67. The molecule has 0 unspecified atom stereocenters. The van der Waals surface area contributed by atoms with E-state index >= 15 is 0 Å². The van der Waals surface area contributed by atoms with Crippen LogP contribution in [0.5, 0.6) is 11.5 Å². The summed E-state index contributed by atoms with van der Waals surface area (Å²) in [6, 6.07) is 15.6. The lowest BCUT2D eigenvalue weighted by atomic mass is 10.1. The van der Waals surface area contributed by atoms with Gasteiger partial charge < -0.3 is 14.8 Å². The van der Waals surface area contributed by atoms with Gasteiger partial charge in [0.1, 0.15) is 0 Å². The first-order valence-electron chi connectivity index (χ1n) is 9.37. The van der Waals surface area contributed by atoms with E-state index in [4.69, 9.17) is 21.1 Å². The number of amides is 1. The fraction of sp³-hybridized carbons (Fsp3) is 0.227. The molecule has 8 heteroatoms. The van der Waals surface area contributed by atoms with Crippen molar-refractivity contribution in [2.24, 2.45) is 0 Å². The third-order valence-electron chi connectivity index (χ3n) is 4.47. The van der Waals surface area contributed by atoms with Crippen LogP contribution in [-0.4, -0.2) is 29.9 Å². The van der Waals surface area contributed by atoms with E-state index in [2.05, 4.69) is 10.4 Å². The molecule has 1 heterocycles. The molecule has 1 aromatic heterocycles. The van der Waals surface area contributed by atoms with Crippen LogP contribution in [0, 0.1) is 0 Å². The van der Waals surface area contributed by atoms with E-state index in [-0.39, 0.29) is 17.9 Å². The number of methoxy groups -OCH3 is 2. The van der Waals surface area contributed by atoms with E-state index in [0.29, 0.717) is 40.9 Å². The maximum atomic E-state index is 12.2. The molecule has 0 spiro atoms. The van der Waals surface area contributed by atoms with Gasteiger partial charge >= 0.3 is 0 Å². The summed E-state index contributed by atoms with van der Waals surface area (Å²) in [5.41, 5.74) is 1.74. The second-order valence-corrected chi connectivity index (χ2v) is 6.89. The Hall–Kier alpha value is -3.32. The zero-order chi connectivity index (χ0) is 21.5. The average Bonchev–Trinajstić information content (AvgIpc) is 2.76. The highest BCUT2D eigenvalue weighted by Crippen LogP contribution is 2.31. The predicted octanol–water partition coefficient (Wildman–Crippen LogP) is 4.00. The Labute approximate surface area is 179 Å². The third kappa shape index (κ3) is 5.18. The van der Waals surface area contributed by atoms with Crippen LogP contribution < -0.4 is 20.3 Å². The summed E-state index contributed by atoms with van der Waals surface area (Å²) in [7, 11) is 3.13. The van der Waals surface area contributed by atoms with Crippen molar-refractivity contribution in [1.82, 2.24) is 9.78 Å². The lowest BCUT2D eigenvalue weighted by molar-refractivity contribution is -0.116. The number of carbonyl (C=O) groups is 1. The SMILES string of the molecule is COc1ccc(-c2ccc(=O)n(CCCC(=O)Nc3ccccc3Cl)n2)cc1OC. The molecule has 3 rings (SSSR count). The molecule has 1 amide bonds. The maximum absolute atomic E-state index is 12.2. The standard InChI is InChI=1S/C22H22ClN3O4/c1-29-19-11-9-15(14-20(19)30-2)17-10-12-22(28)26(25-17)13-5-8-21(27)24-18-7-4-3-6-16(18)23/h3-4,6-7,9-12,14H,5,8,13H2,1-2H3,(H,24,27). The van der Waals surface area contributed by atoms with Gasteiger partial charge in [0.15, 0.2) is 11.5 Å². The number of rotatable bonds is 8. The van der Waals surface area contributed by atoms with Crippen LogP contribution in [0.1, 0.15) is 12.8 Å². The summed E-state index contributed by atoms with van der Waals surface area (Å²) in [6.07, 6.45) is 0.693. The minimum absolute atomic E-state index is 0.174. The first-order chi connectivity index (χ1) is 14.5. The van der Waals surface area contributed by atoms with Gasteiger partial charge in [0.25, 0.3) is 5.56 Å². The average molecular weight is 428 g/mol. The van der Waals surface area contributed by atoms with Gasteiger partial charge in [0, 0.05) is 24.6 Å². The number of halogens is 1. The Morgan fingerprint density at radius 2 is 1.83 bits per heavy atom. The van der Waals surface area contributed by atoms with Gasteiger partial charge in [0.05, 0.1) is 30.6 Å². The normalized spacial score (nSPS) is 10.5. The Bertz CT molecular complexity index is 1100. The molecule has 156 valence electrons. The fourth-order valence-corrected chi connectivity index (χ4v) is 3.11. The molecule has 2 aromatic carbocycles. The fourth-order valence-electron chi connectivity index (χ4n) is 2.92. The van der Waals surface area contributed by atoms with Gasteiger partial charge in [-0.05, 0) is 42.8 Å². The number of ether oxygens (including phenoxy) is 2. The van der Waals surface area contributed by atoms with E-state index in [0.717, 1.165) is 5.56 Å². The zero-order valence-electron chi connectivity index (χ0n) is 16.7. The van der Waals surface area contributed by atoms with Crippen LogP contribution in [0.4, 0.5) is 5.69 Å². The summed E-state index contributed by atoms with van der Waals surface area (Å²) >= 11 is 6.05. The minimum atomic E-state index is -0.231. The quantitative estimate of drug-likeness (QED) is 0.587. The van der Waals surface area contributed by atoms with Crippen molar-refractivity contribution in [3.8, 4) is 22.8 Å². The molecule has 0 saturated heterocycles. The molecule has 3 aromatic rings. The molecule has 0 aliphatic heterocycles. The monoisotopic (exact) mass is 427 g/mol. The molecule has 1 N–H and O–H groups in total. The van der Waals surface area contributed by atoms with E-state index in [9.17, 15) is 9.59 Å². The molecule has 30 heavy (non-hydrogen) atoms. The van der Waals surface area contributed by atoms with Gasteiger partial charge in [0.2, 0.25) is 5.91 Å². The number of benzene rings is 2. The highest BCUT2D eigenvalue weighted by Gasteiger charge is 2.10. The van der Waals surface area contributed by atoms with Crippen LogP contribution in [0.15, 0.2) is 59.4 Å². The lowest BCUT2D eigenvalue weighted by Gasteiger charge is -2.11. The molecule has 0 saturated carbocycles. The lowest BCUT2D eigenvalue weighted by Crippen LogP contribution is -2.23. The number of hydrogen-bond acceptors (Lipinski definition) is 5. The summed E-state index contributed by atoms with van der Waals surface area (Å²) in [5.74, 6) is 1.01. The van der Waals surface area contributed by atoms with Crippen LogP contribution in [-0.2, 0) is 11.3 Å². The summed E-state index contributed by atoms with van der Waals surface area (Å²) < 4.78 is 11.9. The van der Waals surface area contributed by atoms with Crippen molar-refractivity contribution >= 4 is 23.2 Å². The first kappa shape index (κ1) is 21.4. The Balaban J connectivity index is 1.67. The van der Waals surface area contributed by atoms with Crippen molar-refractivity contribution in [3.05, 3.63) is 70.0 Å². The second-order valence-electron chi connectivity index (χ2n) is 6.48. The summed E-state index contributed by atoms with van der Waals surface area (Å²) in [4.78, 5) is 24.3. The smallest absolute Gasteiger partial charge is 0.266 e. The molecule has 0 radical (unpaired) electrons. The van der Waals surface area contributed by atoms with Crippen LogP contribution in [0.25, 0.3) is 11.3 Å². The van der Waals surface area contributed by atoms with E-state index in [1.54, 1.807) is 56.7 Å². The molecule has 0 aliphatic carbocycles. The van der Waals surface area contributed by atoms with Gasteiger partial charge in [-0.3, -0.25) is 9.59 Å². The van der Waals surface area contributed by atoms with Gasteiger partial charge in [-0.1, -0.05) is 23.7 Å². The van der Waals surface area contributed by atoms with Crippen molar-refractivity contribution in [2.45, 2.75) is 19.4 Å². The van der Waals surface area contributed by atoms with Crippen molar-refractivity contribution in [1.29, 1.82) is 0 Å². The number of nitrogens with zero attached hydrogens (tertiary/aromatic N) is 2. The maximum Gasteiger partial charge on any atom is 0.266 e. The largest absolute Gasteiger partial charge is 0.493 e. The van der Waals surface area contributed by atoms with Crippen molar-refractivity contribution in [2.75, 3.05) is 19.5 Å². The number of aromatic nitrogens is 2. The van der Waals surface area contributed by atoms with Gasteiger partial charge in [-0.2, -0.15) is 5.10 Å². The highest BCUT2D eigenvalue weighted by molar-refractivity contribution is 6.33. The number of carbonyl (C=O) groups excluding carboxylic acids is 1. The van der Waals surface area contributed by atoms with Gasteiger partial charge in [-0.15, -0.1) is 0 Å². The number of nitrogens with one attached hydrogen (secondary N) is 1. The van der Waals surface area contributed by atoms with Crippen LogP contribution in [0.3, 0.4) is 0 Å². The third-order valence-corrected chi connectivity index (χ3v) is 4.80. The topological polar surface area (TPSA) is 82.5 Å². The molecule has 0 aliphatic rings. The second kappa shape index (κ2) is 9.93. The number of anilines is 1. The number of hydrogen-bond donors (Lipinski definition) is 1. The number of aryl methyl sites for hydroxylation is 1.